The third kappa shape index (κ3) is 9.47. The van der Waals surface area contributed by atoms with E-state index >= 15 is 0 Å². The SMILES string of the molecule is O=S(=O)(O)Cc1ccc(CN(CCN(Cc2ccccn2)Cc2ccccn2)Cc2ccccn2)cc1. The van der Waals surface area contributed by atoms with Crippen LogP contribution < -0.4 is 0 Å². The number of hydrogen-bond acceptors (Lipinski definition) is 7. The number of aromatic nitrogens is 3. The molecule has 3 aromatic heterocycles. The van der Waals surface area contributed by atoms with Gasteiger partial charge in [-0.3, -0.25) is 29.3 Å². The third-order valence-corrected chi connectivity index (χ3v) is 6.54. The largest absolute Gasteiger partial charge is 0.292 e. The van der Waals surface area contributed by atoms with Crippen LogP contribution in [0.4, 0.5) is 0 Å². The minimum atomic E-state index is -4.06. The maximum atomic E-state index is 11.2. The molecule has 0 saturated carbocycles. The first-order chi connectivity index (χ1) is 17.9. The number of rotatable bonds is 13. The maximum absolute atomic E-state index is 11.2. The first kappa shape index (κ1) is 26.6. The van der Waals surface area contributed by atoms with Gasteiger partial charge in [-0.25, -0.2) is 0 Å². The van der Waals surface area contributed by atoms with Crippen molar-refractivity contribution in [2.75, 3.05) is 13.1 Å². The lowest BCUT2D eigenvalue weighted by Gasteiger charge is -2.27. The van der Waals surface area contributed by atoms with E-state index in [0.29, 0.717) is 31.7 Å². The predicted octanol–water partition coefficient (Wildman–Crippen LogP) is 3.96. The van der Waals surface area contributed by atoms with Crippen LogP contribution in [0, 0.1) is 0 Å². The summed E-state index contributed by atoms with van der Waals surface area (Å²) >= 11 is 0. The lowest BCUT2D eigenvalue weighted by Crippen LogP contribution is -2.34. The molecule has 192 valence electrons. The van der Waals surface area contributed by atoms with Gasteiger partial charge in [0, 0.05) is 57.9 Å². The molecule has 0 fully saturated rings. The zero-order chi connectivity index (χ0) is 25.9. The Kier molecular flexibility index (Phi) is 9.45. The van der Waals surface area contributed by atoms with Crippen molar-refractivity contribution in [2.24, 2.45) is 0 Å². The van der Waals surface area contributed by atoms with Gasteiger partial charge in [0.05, 0.1) is 17.1 Å². The average Bonchev–Trinajstić information content (AvgIpc) is 2.89. The van der Waals surface area contributed by atoms with Crippen molar-refractivity contribution in [3.8, 4) is 0 Å². The van der Waals surface area contributed by atoms with Crippen LogP contribution in [-0.2, 0) is 42.1 Å². The summed E-state index contributed by atoms with van der Waals surface area (Å²) in [4.78, 5) is 18.2. The summed E-state index contributed by atoms with van der Waals surface area (Å²) in [5.74, 6) is -0.388. The van der Waals surface area contributed by atoms with Crippen LogP contribution in [0.15, 0.2) is 97.5 Å². The van der Waals surface area contributed by atoms with E-state index in [1.165, 1.54) is 0 Å². The van der Waals surface area contributed by atoms with Crippen LogP contribution in [0.5, 0.6) is 0 Å². The summed E-state index contributed by atoms with van der Waals surface area (Å²) in [6.07, 6.45) is 5.42. The Morgan fingerprint density at radius 3 is 1.35 bits per heavy atom. The van der Waals surface area contributed by atoms with Crippen molar-refractivity contribution < 1.29 is 13.0 Å². The molecule has 1 aromatic carbocycles. The topological polar surface area (TPSA) is 99.5 Å². The lowest BCUT2D eigenvalue weighted by molar-refractivity contribution is 0.179. The van der Waals surface area contributed by atoms with Crippen LogP contribution >= 0.6 is 0 Å². The molecule has 0 atom stereocenters. The van der Waals surface area contributed by atoms with E-state index in [9.17, 15) is 8.42 Å². The normalized spacial score (nSPS) is 11.8. The van der Waals surface area contributed by atoms with Crippen molar-refractivity contribution >= 4 is 10.1 Å². The van der Waals surface area contributed by atoms with E-state index in [0.717, 1.165) is 35.7 Å². The van der Waals surface area contributed by atoms with E-state index in [-0.39, 0.29) is 5.75 Å². The zero-order valence-electron chi connectivity index (χ0n) is 20.6. The number of nitrogens with zero attached hydrogens (tertiary/aromatic N) is 5. The smallest absolute Gasteiger partial charge is 0.269 e. The van der Waals surface area contributed by atoms with Crippen LogP contribution in [0.2, 0.25) is 0 Å². The first-order valence-corrected chi connectivity index (χ1v) is 13.7. The molecule has 0 spiro atoms. The molecule has 0 amide bonds. The van der Waals surface area contributed by atoms with Gasteiger partial charge in [0.15, 0.2) is 0 Å². The second kappa shape index (κ2) is 13.2. The van der Waals surface area contributed by atoms with E-state index < -0.39 is 10.1 Å². The Balaban J connectivity index is 1.48. The second-order valence-electron chi connectivity index (χ2n) is 8.93. The molecule has 0 radical (unpaired) electrons. The molecule has 0 unspecified atom stereocenters. The highest BCUT2D eigenvalue weighted by Crippen LogP contribution is 2.14. The van der Waals surface area contributed by atoms with E-state index in [1.54, 1.807) is 18.3 Å². The molecule has 0 aliphatic rings. The fourth-order valence-corrected chi connectivity index (χ4v) is 4.70. The van der Waals surface area contributed by atoms with Crippen LogP contribution in [0.3, 0.4) is 0 Å². The molecule has 1 N–H and O–H groups in total. The Hall–Kier alpha value is -3.50. The van der Waals surface area contributed by atoms with Crippen molar-refractivity contribution in [1.29, 1.82) is 0 Å². The number of hydrogen-bond donors (Lipinski definition) is 1. The van der Waals surface area contributed by atoms with Crippen LogP contribution in [-0.4, -0.2) is 50.8 Å². The third-order valence-electron chi connectivity index (χ3n) is 5.85. The molecule has 37 heavy (non-hydrogen) atoms. The number of benzene rings is 1. The Morgan fingerprint density at radius 1 is 0.568 bits per heavy atom. The minimum Gasteiger partial charge on any atom is -0.292 e. The Labute approximate surface area is 218 Å². The molecule has 4 aromatic rings. The van der Waals surface area contributed by atoms with E-state index in [2.05, 4.69) is 24.8 Å². The van der Waals surface area contributed by atoms with Gasteiger partial charge in [0.2, 0.25) is 0 Å². The quantitative estimate of drug-likeness (QED) is 0.266. The van der Waals surface area contributed by atoms with Gasteiger partial charge < -0.3 is 0 Å². The van der Waals surface area contributed by atoms with Gasteiger partial charge in [0.25, 0.3) is 10.1 Å². The molecular weight excluding hydrogens is 486 g/mol. The standard InChI is InChI=1S/C28H31N5O3S/c34-37(35,36)23-25-12-10-24(11-13-25)19-32(20-26-7-1-4-14-29-26)17-18-33(21-27-8-2-5-15-30-27)22-28-9-3-6-16-31-28/h1-16H,17-23H2,(H,34,35,36). The summed E-state index contributed by atoms with van der Waals surface area (Å²) in [6, 6.07) is 25.1. The highest BCUT2D eigenvalue weighted by atomic mass is 32.2. The van der Waals surface area contributed by atoms with Crippen LogP contribution in [0.1, 0.15) is 28.2 Å². The highest BCUT2D eigenvalue weighted by Gasteiger charge is 2.14. The summed E-state index contributed by atoms with van der Waals surface area (Å²) in [7, 11) is -4.06. The zero-order valence-corrected chi connectivity index (χ0v) is 21.4. The second-order valence-corrected chi connectivity index (χ2v) is 10.4. The molecule has 0 aliphatic carbocycles. The first-order valence-electron chi connectivity index (χ1n) is 12.1. The Morgan fingerprint density at radius 2 is 0.973 bits per heavy atom. The Bertz CT molecular complexity index is 1280. The van der Waals surface area contributed by atoms with Crippen molar-refractivity contribution in [2.45, 2.75) is 31.9 Å². The van der Waals surface area contributed by atoms with Crippen molar-refractivity contribution in [3.63, 3.8) is 0 Å². The molecule has 9 heteroatoms. The van der Waals surface area contributed by atoms with E-state index in [1.807, 2.05) is 79.1 Å². The number of pyridine rings is 3. The maximum Gasteiger partial charge on any atom is 0.269 e. The molecule has 4 rings (SSSR count). The monoisotopic (exact) mass is 517 g/mol. The van der Waals surface area contributed by atoms with Gasteiger partial charge in [-0.15, -0.1) is 0 Å². The fraction of sp³-hybridized carbons (Fsp3) is 0.250. The summed E-state index contributed by atoms with van der Waals surface area (Å²) < 4.78 is 31.5. The molecule has 0 aliphatic heterocycles. The predicted molar refractivity (Wildman–Crippen MR) is 143 cm³/mol. The molecular formula is C28H31N5O3S. The van der Waals surface area contributed by atoms with Gasteiger partial charge in [0.1, 0.15) is 5.75 Å². The average molecular weight is 518 g/mol. The molecule has 0 bridgehead atoms. The summed E-state index contributed by atoms with van der Waals surface area (Å²) in [5.41, 5.74) is 4.59. The van der Waals surface area contributed by atoms with Gasteiger partial charge >= 0.3 is 0 Å². The van der Waals surface area contributed by atoms with E-state index in [4.69, 9.17) is 4.55 Å². The minimum absolute atomic E-state index is 0.388. The molecule has 8 nitrogen and oxygen atoms in total. The lowest BCUT2D eigenvalue weighted by atomic mass is 10.1. The fourth-order valence-electron chi connectivity index (χ4n) is 4.08. The van der Waals surface area contributed by atoms with Gasteiger partial charge in [-0.05, 0) is 47.5 Å². The van der Waals surface area contributed by atoms with Gasteiger partial charge in [-0.2, -0.15) is 8.42 Å². The highest BCUT2D eigenvalue weighted by molar-refractivity contribution is 7.85. The van der Waals surface area contributed by atoms with Crippen molar-refractivity contribution in [3.05, 3.63) is 126 Å². The summed E-state index contributed by atoms with van der Waals surface area (Å²) in [6.45, 7) is 4.33. The van der Waals surface area contributed by atoms with Crippen molar-refractivity contribution in [1.82, 2.24) is 24.8 Å². The van der Waals surface area contributed by atoms with Gasteiger partial charge in [-0.1, -0.05) is 42.5 Å². The van der Waals surface area contributed by atoms with Crippen LogP contribution in [0.25, 0.3) is 0 Å². The summed E-state index contributed by atoms with van der Waals surface area (Å²) in [5, 5.41) is 0. The molecule has 3 heterocycles. The molecule has 0 saturated heterocycles.